The van der Waals surface area contributed by atoms with Gasteiger partial charge in [-0.15, -0.1) is 0 Å². The summed E-state index contributed by atoms with van der Waals surface area (Å²) in [7, 11) is 1.41. The Bertz CT molecular complexity index is 989. The maximum Gasteiger partial charge on any atom is 0.341 e. The van der Waals surface area contributed by atoms with Crippen molar-refractivity contribution in [1.29, 1.82) is 0 Å². The van der Waals surface area contributed by atoms with E-state index in [0.29, 0.717) is 16.9 Å². The summed E-state index contributed by atoms with van der Waals surface area (Å²) in [6, 6.07) is 10.3. The van der Waals surface area contributed by atoms with Crippen LogP contribution in [0, 0.1) is 5.82 Å². The second kappa shape index (κ2) is 8.78. The molecule has 0 aromatic heterocycles. The van der Waals surface area contributed by atoms with Gasteiger partial charge in [-0.1, -0.05) is 18.2 Å². The van der Waals surface area contributed by atoms with Gasteiger partial charge in [0.1, 0.15) is 5.82 Å². The molecule has 1 fully saturated rings. The van der Waals surface area contributed by atoms with Crippen LogP contribution in [0.4, 0.5) is 9.18 Å². The highest BCUT2D eigenvalue weighted by Gasteiger charge is 2.35. The van der Waals surface area contributed by atoms with Crippen molar-refractivity contribution in [3.63, 3.8) is 0 Å². The minimum absolute atomic E-state index is 0.0492. The second-order valence-electron chi connectivity index (χ2n) is 5.99. The van der Waals surface area contributed by atoms with Gasteiger partial charge in [0, 0.05) is 0 Å². The van der Waals surface area contributed by atoms with Crippen molar-refractivity contribution >= 4 is 35.0 Å². The van der Waals surface area contributed by atoms with E-state index in [1.54, 1.807) is 18.2 Å². The normalized spacial score (nSPS) is 15.1. The number of carboxylic acids is 1. The van der Waals surface area contributed by atoms with Crippen LogP contribution in [-0.2, 0) is 16.1 Å². The first-order valence-electron chi connectivity index (χ1n) is 8.40. The summed E-state index contributed by atoms with van der Waals surface area (Å²) in [6.45, 7) is -0.467. The van der Waals surface area contributed by atoms with Crippen molar-refractivity contribution in [3.05, 3.63) is 64.3 Å². The molecule has 2 amide bonds. The lowest BCUT2D eigenvalue weighted by Gasteiger charge is -2.12. The molecule has 0 spiro atoms. The number of amides is 2. The van der Waals surface area contributed by atoms with Crippen LogP contribution in [0.3, 0.4) is 0 Å². The zero-order valence-corrected chi connectivity index (χ0v) is 16.1. The van der Waals surface area contributed by atoms with Gasteiger partial charge in [0.15, 0.2) is 18.1 Å². The lowest BCUT2D eigenvalue weighted by atomic mass is 10.1. The summed E-state index contributed by atoms with van der Waals surface area (Å²) in [6.07, 6.45) is 1.54. The Morgan fingerprint density at radius 1 is 1.17 bits per heavy atom. The minimum atomic E-state index is -1.12. The quantitative estimate of drug-likeness (QED) is 0.689. The third-order valence-corrected chi connectivity index (χ3v) is 4.87. The van der Waals surface area contributed by atoms with Crippen molar-refractivity contribution in [2.75, 3.05) is 13.7 Å². The predicted molar refractivity (Wildman–Crippen MR) is 104 cm³/mol. The Hall–Kier alpha value is -3.33. The molecule has 1 aliphatic rings. The van der Waals surface area contributed by atoms with Gasteiger partial charge in [-0.25, -0.2) is 9.18 Å². The molecule has 1 heterocycles. The van der Waals surface area contributed by atoms with Gasteiger partial charge in [-0.05, 0) is 53.2 Å². The van der Waals surface area contributed by atoms with Gasteiger partial charge in [-0.2, -0.15) is 0 Å². The van der Waals surface area contributed by atoms with E-state index in [4.69, 9.17) is 14.6 Å². The summed E-state index contributed by atoms with van der Waals surface area (Å²) in [5, 5.41) is 8.29. The summed E-state index contributed by atoms with van der Waals surface area (Å²) < 4.78 is 23.4. The van der Waals surface area contributed by atoms with Crippen LogP contribution in [0.1, 0.15) is 11.1 Å². The second-order valence-corrected chi connectivity index (χ2v) is 6.98. The topological polar surface area (TPSA) is 93.1 Å². The molecule has 0 saturated carbocycles. The fraction of sp³-hybridized carbons (Fsp3) is 0.150. The molecular formula is C20H16FNO6S. The highest BCUT2D eigenvalue weighted by atomic mass is 32.2. The number of nitrogens with zero attached hydrogens (tertiary/aromatic N) is 1. The van der Waals surface area contributed by atoms with Gasteiger partial charge < -0.3 is 14.6 Å². The number of carbonyl (C=O) groups is 3. The number of carbonyl (C=O) groups excluding carboxylic acids is 2. The molecule has 2 aromatic carbocycles. The summed E-state index contributed by atoms with van der Waals surface area (Å²) in [4.78, 5) is 36.8. The molecule has 150 valence electrons. The average molecular weight is 417 g/mol. The van der Waals surface area contributed by atoms with Gasteiger partial charge in [0.2, 0.25) is 0 Å². The minimum Gasteiger partial charge on any atom is -0.493 e. The highest BCUT2D eigenvalue weighted by molar-refractivity contribution is 8.18. The molecule has 1 aliphatic heterocycles. The fourth-order valence-electron chi connectivity index (χ4n) is 2.59. The van der Waals surface area contributed by atoms with Crippen molar-refractivity contribution < 1.29 is 33.4 Å². The van der Waals surface area contributed by atoms with E-state index >= 15 is 0 Å². The molecule has 0 bridgehead atoms. The number of hydrogen-bond donors (Lipinski definition) is 1. The summed E-state index contributed by atoms with van der Waals surface area (Å²) in [5.41, 5.74) is 1.22. The van der Waals surface area contributed by atoms with Crippen molar-refractivity contribution in [3.8, 4) is 11.5 Å². The molecule has 0 aliphatic carbocycles. The van der Waals surface area contributed by atoms with E-state index < -0.39 is 29.5 Å². The van der Waals surface area contributed by atoms with Crippen LogP contribution in [0.2, 0.25) is 0 Å². The van der Waals surface area contributed by atoms with Crippen molar-refractivity contribution in [2.45, 2.75) is 6.54 Å². The number of thioether (sulfide) groups is 1. The number of methoxy groups -OCH3 is 1. The summed E-state index contributed by atoms with van der Waals surface area (Å²) >= 11 is 0.806. The predicted octanol–water partition coefficient (Wildman–Crippen LogP) is 3.53. The first-order chi connectivity index (χ1) is 13.9. The molecule has 1 N–H and O–H groups in total. The van der Waals surface area contributed by atoms with E-state index in [9.17, 15) is 18.8 Å². The number of aliphatic carboxylic acids is 1. The number of hydrogen-bond acceptors (Lipinski definition) is 6. The highest BCUT2D eigenvalue weighted by Crippen LogP contribution is 2.35. The Morgan fingerprint density at radius 3 is 2.55 bits per heavy atom. The lowest BCUT2D eigenvalue weighted by molar-refractivity contribution is -0.139. The maximum atomic E-state index is 13.0. The Balaban J connectivity index is 1.78. The monoisotopic (exact) mass is 417 g/mol. The third kappa shape index (κ3) is 4.94. The molecule has 0 radical (unpaired) electrons. The van der Waals surface area contributed by atoms with Crippen LogP contribution < -0.4 is 9.47 Å². The first-order valence-corrected chi connectivity index (χ1v) is 9.21. The van der Waals surface area contributed by atoms with E-state index in [-0.39, 0.29) is 17.2 Å². The van der Waals surface area contributed by atoms with E-state index in [1.807, 2.05) is 0 Å². The van der Waals surface area contributed by atoms with E-state index in [2.05, 4.69) is 0 Å². The summed E-state index contributed by atoms with van der Waals surface area (Å²) in [5.74, 6) is -1.42. The molecule has 3 rings (SSSR count). The number of rotatable bonds is 7. The van der Waals surface area contributed by atoms with Crippen LogP contribution >= 0.6 is 11.8 Å². The molecule has 1 saturated heterocycles. The Labute approximate surface area is 169 Å². The van der Waals surface area contributed by atoms with Gasteiger partial charge in [0.25, 0.3) is 11.1 Å². The van der Waals surface area contributed by atoms with Crippen LogP contribution in [0.25, 0.3) is 6.08 Å². The van der Waals surface area contributed by atoms with Crippen molar-refractivity contribution in [2.24, 2.45) is 0 Å². The zero-order valence-electron chi connectivity index (χ0n) is 15.3. The Morgan fingerprint density at radius 2 is 1.90 bits per heavy atom. The largest absolute Gasteiger partial charge is 0.493 e. The van der Waals surface area contributed by atoms with E-state index in [1.165, 1.54) is 37.4 Å². The SMILES string of the molecule is COc1cc(/C=C2\SC(=O)N(Cc3ccc(F)cc3)C2=O)ccc1OCC(=O)O. The molecule has 0 unspecified atom stereocenters. The van der Waals surface area contributed by atoms with Gasteiger partial charge in [0.05, 0.1) is 18.6 Å². The smallest absolute Gasteiger partial charge is 0.341 e. The number of imide groups is 1. The van der Waals surface area contributed by atoms with E-state index in [0.717, 1.165) is 16.7 Å². The number of halogens is 1. The zero-order chi connectivity index (χ0) is 21.0. The molecule has 7 nitrogen and oxygen atoms in total. The lowest BCUT2D eigenvalue weighted by Crippen LogP contribution is -2.27. The maximum absolute atomic E-state index is 13.0. The molecule has 2 aromatic rings. The first kappa shape index (κ1) is 20.4. The molecule has 0 atom stereocenters. The van der Waals surface area contributed by atoms with Crippen LogP contribution in [0.5, 0.6) is 11.5 Å². The number of carboxylic acid groups (broad SMARTS) is 1. The molecule has 29 heavy (non-hydrogen) atoms. The fourth-order valence-corrected chi connectivity index (χ4v) is 3.43. The van der Waals surface area contributed by atoms with Gasteiger partial charge >= 0.3 is 5.97 Å². The van der Waals surface area contributed by atoms with Gasteiger partial charge in [-0.3, -0.25) is 14.5 Å². The standard InChI is InChI=1S/C20H16FNO6S/c1-27-16-8-13(4-7-15(16)28-11-18(23)24)9-17-19(25)22(20(26)29-17)10-12-2-5-14(21)6-3-12/h2-9H,10-11H2,1H3,(H,23,24)/b17-9-. The Kier molecular flexibility index (Phi) is 6.18. The molecule has 9 heteroatoms. The number of benzene rings is 2. The van der Waals surface area contributed by atoms with Crippen molar-refractivity contribution in [1.82, 2.24) is 4.90 Å². The average Bonchev–Trinajstić information content (AvgIpc) is 2.95. The molecular weight excluding hydrogens is 401 g/mol. The third-order valence-electron chi connectivity index (χ3n) is 3.96. The number of ether oxygens (including phenoxy) is 2. The van der Waals surface area contributed by atoms with Crippen LogP contribution in [-0.4, -0.2) is 40.8 Å². The van der Waals surface area contributed by atoms with Crippen LogP contribution in [0.15, 0.2) is 47.4 Å².